The highest BCUT2D eigenvalue weighted by atomic mass is 32.2. The summed E-state index contributed by atoms with van der Waals surface area (Å²) in [5.41, 5.74) is 1.68. The molecule has 0 unspecified atom stereocenters. The second kappa shape index (κ2) is 17.0. The first-order valence-electron chi connectivity index (χ1n) is 14.6. The van der Waals surface area contributed by atoms with Gasteiger partial charge in [-0.05, 0) is 11.1 Å². The lowest BCUT2D eigenvalue weighted by atomic mass is 9.91. The molecule has 0 spiro atoms. The third-order valence-electron chi connectivity index (χ3n) is 7.93. The minimum Gasteiger partial charge on any atom is -0.479 e. The summed E-state index contributed by atoms with van der Waals surface area (Å²) in [7, 11) is 0.871. The van der Waals surface area contributed by atoms with E-state index in [0.29, 0.717) is 0 Å². The molecule has 4 rings (SSSR count). The van der Waals surface area contributed by atoms with E-state index >= 15 is 0 Å². The summed E-state index contributed by atoms with van der Waals surface area (Å²) < 4.78 is 87.6. The van der Waals surface area contributed by atoms with Gasteiger partial charge in [-0.2, -0.15) is 8.42 Å². The van der Waals surface area contributed by atoms with E-state index in [9.17, 15) is 22.9 Å². The largest absolute Gasteiger partial charge is 0.479 e. The first-order valence-corrected chi connectivity index (χ1v) is 16.2. The van der Waals surface area contributed by atoms with E-state index in [0.717, 1.165) is 11.1 Å². The van der Waals surface area contributed by atoms with Crippen molar-refractivity contribution in [3.05, 3.63) is 71.8 Å². The van der Waals surface area contributed by atoms with E-state index in [1.54, 1.807) is 0 Å². The van der Waals surface area contributed by atoms with Crippen LogP contribution in [0.15, 0.2) is 60.7 Å². The molecule has 15 heteroatoms. The second-order valence-electron chi connectivity index (χ2n) is 10.9. The van der Waals surface area contributed by atoms with Gasteiger partial charge >= 0.3 is 5.97 Å². The maximum absolute atomic E-state index is 12.2. The summed E-state index contributed by atoms with van der Waals surface area (Å²) >= 11 is 0. The van der Waals surface area contributed by atoms with Crippen LogP contribution in [0, 0.1) is 5.92 Å². The maximum Gasteiger partial charge on any atom is 0.335 e. The Morgan fingerprint density at radius 2 is 1.33 bits per heavy atom. The molecule has 0 radical (unpaired) electrons. The number of carboxylic acids is 1. The number of carbonyl (C=O) groups is 1. The van der Waals surface area contributed by atoms with Crippen LogP contribution in [0.2, 0.25) is 0 Å². The minimum atomic E-state index is -4.57. The van der Waals surface area contributed by atoms with E-state index < -0.39 is 83.1 Å². The average molecular weight is 671 g/mol. The Balaban J connectivity index is 1.71. The fraction of sp³-hybridized carbons (Fsp3) is 0.581. The minimum absolute atomic E-state index is 0.0325. The third kappa shape index (κ3) is 9.29. The van der Waals surface area contributed by atoms with Crippen LogP contribution in [-0.2, 0) is 70.8 Å². The summed E-state index contributed by atoms with van der Waals surface area (Å²) in [4.78, 5) is 12.2. The number of hydrogen-bond acceptors (Lipinski definition) is 12. The molecule has 2 saturated heterocycles. The first-order chi connectivity index (χ1) is 22.1. The van der Waals surface area contributed by atoms with Crippen molar-refractivity contribution in [3.63, 3.8) is 0 Å². The van der Waals surface area contributed by atoms with Crippen molar-refractivity contribution in [2.75, 3.05) is 40.8 Å². The number of carboxylic acid groups (broad SMARTS) is 1. The van der Waals surface area contributed by atoms with Crippen molar-refractivity contribution in [1.82, 2.24) is 0 Å². The van der Waals surface area contributed by atoms with Crippen molar-refractivity contribution in [1.29, 1.82) is 0 Å². The topological polar surface area (TPSA) is 175 Å². The van der Waals surface area contributed by atoms with Gasteiger partial charge in [0, 0.05) is 28.4 Å². The van der Waals surface area contributed by atoms with E-state index in [2.05, 4.69) is 0 Å². The Bertz CT molecular complexity index is 1310. The fourth-order valence-corrected chi connectivity index (χ4v) is 6.64. The van der Waals surface area contributed by atoms with Crippen molar-refractivity contribution in [3.8, 4) is 0 Å². The molecule has 0 saturated carbocycles. The highest BCUT2D eigenvalue weighted by Crippen LogP contribution is 2.36. The van der Waals surface area contributed by atoms with Crippen LogP contribution in [0.5, 0.6) is 0 Å². The Morgan fingerprint density at radius 3 is 1.85 bits per heavy atom. The molecule has 0 aromatic heterocycles. The molecule has 2 aromatic carbocycles. The average Bonchev–Trinajstić information content (AvgIpc) is 3.04. The van der Waals surface area contributed by atoms with Gasteiger partial charge in [0.2, 0.25) is 0 Å². The van der Waals surface area contributed by atoms with Crippen molar-refractivity contribution >= 4 is 16.1 Å². The van der Waals surface area contributed by atoms with Crippen LogP contribution in [0.25, 0.3) is 0 Å². The van der Waals surface area contributed by atoms with E-state index in [1.807, 2.05) is 60.7 Å². The Kier molecular flexibility index (Phi) is 13.4. The smallest absolute Gasteiger partial charge is 0.335 e. The number of methoxy groups -OCH3 is 4. The molecule has 10 atom stereocenters. The third-order valence-corrected chi connectivity index (χ3v) is 8.74. The monoisotopic (exact) mass is 670 g/mol. The summed E-state index contributed by atoms with van der Waals surface area (Å²) in [6.07, 6.45) is -10.2. The van der Waals surface area contributed by atoms with Gasteiger partial charge < -0.3 is 47.7 Å². The van der Waals surface area contributed by atoms with Crippen molar-refractivity contribution < 1.29 is 65.5 Å². The summed E-state index contributed by atoms with van der Waals surface area (Å²) in [6, 6.07) is 18.6. The van der Waals surface area contributed by atoms with Crippen LogP contribution < -0.4 is 0 Å². The molecular formula is C31H42O14S. The molecule has 0 aliphatic carbocycles. The molecule has 2 fully saturated rings. The summed E-state index contributed by atoms with van der Waals surface area (Å²) in [5, 5.41) is 9.97. The lowest BCUT2D eigenvalue weighted by molar-refractivity contribution is -0.356. The summed E-state index contributed by atoms with van der Waals surface area (Å²) in [6.45, 7) is 0.188. The predicted octanol–water partition coefficient (Wildman–Crippen LogP) is 1.90. The van der Waals surface area contributed by atoms with Gasteiger partial charge in [0.1, 0.15) is 30.5 Å². The predicted molar refractivity (Wildman–Crippen MR) is 160 cm³/mol. The highest BCUT2D eigenvalue weighted by Gasteiger charge is 2.55. The number of aliphatic carboxylic acids is 1. The molecule has 14 nitrogen and oxygen atoms in total. The van der Waals surface area contributed by atoms with E-state index in [1.165, 1.54) is 28.4 Å². The van der Waals surface area contributed by atoms with Gasteiger partial charge in [-0.1, -0.05) is 60.7 Å². The molecule has 46 heavy (non-hydrogen) atoms. The van der Waals surface area contributed by atoms with Gasteiger partial charge in [-0.25, -0.2) is 4.79 Å². The molecule has 0 amide bonds. The number of ether oxygens (including phenoxy) is 9. The van der Waals surface area contributed by atoms with Gasteiger partial charge in [0.15, 0.2) is 18.7 Å². The zero-order chi connectivity index (χ0) is 33.3. The Morgan fingerprint density at radius 1 is 0.739 bits per heavy atom. The van der Waals surface area contributed by atoms with Crippen LogP contribution in [-0.4, -0.2) is 120 Å². The Labute approximate surface area is 268 Å². The van der Waals surface area contributed by atoms with Crippen molar-refractivity contribution in [2.24, 2.45) is 5.92 Å². The summed E-state index contributed by atoms with van der Waals surface area (Å²) in [5.74, 6) is -3.20. The molecular weight excluding hydrogens is 628 g/mol. The van der Waals surface area contributed by atoms with Crippen LogP contribution in [0.4, 0.5) is 0 Å². The lowest BCUT2D eigenvalue weighted by Crippen LogP contribution is -2.65. The SMILES string of the molecule is CO[C@H]1O[C@H](COCc2ccccc2)[C@@H](O[C@@H]2O[C@@H](C(=O)O)[C@@H](OC)[C@H](OC)[C@H]2OC)[C@H](OCc2ccccc2)[C@H]1CS(=O)(=O)O. The molecule has 2 aliphatic heterocycles. The number of benzene rings is 2. The Hall–Kier alpha value is -2.54. The van der Waals surface area contributed by atoms with E-state index in [-0.39, 0.29) is 19.8 Å². The van der Waals surface area contributed by atoms with Gasteiger partial charge in [0.05, 0.1) is 37.6 Å². The second-order valence-corrected chi connectivity index (χ2v) is 12.4. The van der Waals surface area contributed by atoms with Gasteiger partial charge in [-0.15, -0.1) is 0 Å². The number of hydrogen-bond donors (Lipinski definition) is 2. The fourth-order valence-electron chi connectivity index (χ4n) is 5.81. The first kappa shape index (κ1) is 36.3. The van der Waals surface area contributed by atoms with Gasteiger partial charge in [-0.3, -0.25) is 4.55 Å². The zero-order valence-corrected chi connectivity index (χ0v) is 26.9. The lowest BCUT2D eigenvalue weighted by Gasteiger charge is -2.49. The molecule has 256 valence electrons. The molecule has 2 aromatic rings. The highest BCUT2D eigenvalue weighted by molar-refractivity contribution is 7.85. The zero-order valence-electron chi connectivity index (χ0n) is 26.1. The molecule has 0 bridgehead atoms. The molecule has 2 heterocycles. The van der Waals surface area contributed by atoms with Gasteiger partial charge in [0.25, 0.3) is 10.1 Å². The van der Waals surface area contributed by atoms with Crippen molar-refractivity contribution in [2.45, 2.75) is 68.5 Å². The maximum atomic E-state index is 12.2. The van der Waals surface area contributed by atoms with Crippen LogP contribution in [0.1, 0.15) is 11.1 Å². The standard InChI is InChI=1S/C31H42O14S/c1-37-25-26(38-2)28(39-3)31(45-27(25)29(32)33)44-24-22(17-41-15-19-11-7-5-8-12-19)43-30(40-4)21(18-46(34,35)36)23(24)42-16-20-13-9-6-10-14-20/h5-14,21-28,30-31H,15-18H2,1-4H3,(H,32,33)(H,34,35,36)/t21-,22-,23-,24-,25+,26+,27-,28-,30+,31-/m1/s1. The molecule has 2 aliphatic rings. The molecule has 2 N–H and O–H groups in total. The van der Waals surface area contributed by atoms with E-state index in [4.69, 9.17) is 42.6 Å². The van der Waals surface area contributed by atoms with Crippen LogP contribution in [0.3, 0.4) is 0 Å². The normalized spacial score (nSPS) is 31.8. The van der Waals surface area contributed by atoms with Crippen LogP contribution >= 0.6 is 0 Å². The quantitative estimate of drug-likeness (QED) is 0.248. The number of rotatable bonds is 16.